The second-order valence-corrected chi connectivity index (χ2v) is 9.89. The topological polar surface area (TPSA) is 90.3 Å². The normalized spacial score (nSPS) is 18.0. The van der Waals surface area contributed by atoms with E-state index in [0.29, 0.717) is 24.6 Å². The van der Waals surface area contributed by atoms with E-state index < -0.39 is 0 Å². The Kier molecular flexibility index (Phi) is 6.53. The fourth-order valence-electron chi connectivity index (χ4n) is 4.48. The second kappa shape index (κ2) is 9.90. The monoisotopic (exact) mass is 485 g/mol. The number of nitriles is 1. The van der Waals surface area contributed by atoms with Crippen molar-refractivity contribution in [3.63, 3.8) is 0 Å². The molecule has 2 amide bonds. The van der Waals surface area contributed by atoms with E-state index in [4.69, 9.17) is 9.82 Å². The summed E-state index contributed by atoms with van der Waals surface area (Å²) in [5.74, 6) is 0.330. The van der Waals surface area contributed by atoms with Crippen molar-refractivity contribution in [2.45, 2.75) is 38.7 Å². The minimum atomic E-state index is -0.329. The van der Waals surface area contributed by atoms with Crippen molar-refractivity contribution in [2.24, 2.45) is 0 Å². The number of nitrogens with one attached hydrogen (secondary N) is 2. The molecule has 8 heteroatoms. The van der Waals surface area contributed by atoms with Gasteiger partial charge in [0, 0.05) is 35.6 Å². The Hall–Kier alpha value is -3.67. The summed E-state index contributed by atoms with van der Waals surface area (Å²) in [5.41, 5.74) is 9.13. The predicted molar refractivity (Wildman–Crippen MR) is 137 cm³/mol. The van der Waals surface area contributed by atoms with Gasteiger partial charge in [0.1, 0.15) is 6.10 Å². The van der Waals surface area contributed by atoms with Crippen LogP contribution in [0.5, 0.6) is 0 Å². The van der Waals surface area contributed by atoms with Crippen LogP contribution in [0, 0.1) is 25.2 Å². The molecule has 1 aromatic heterocycles. The lowest BCUT2D eigenvalue weighted by Gasteiger charge is -2.31. The quantitative estimate of drug-likeness (QED) is 0.498. The molecule has 1 atom stereocenters. The largest absolute Gasteiger partial charge is 0.324 e. The van der Waals surface area contributed by atoms with Gasteiger partial charge < -0.3 is 10.2 Å². The van der Waals surface area contributed by atoms with E-state index in [1.165, 1.54) is 0 Å². The van der Waals surface area contributed by atoms with Crippen molar-refractivity contribution in [3.8, 4) is 6.07 Å². The van der Waals surface area contributed by atoms with Crippen molar-refractivity contribution in [2.75, 3.05) is 18.4 Å². The molecule has 1 saturated heterocycles. The minimum Gasteiger partial charge on any atom is -0.324 e. The number of aromatic nitrogens is 1. The highest BCUT2D eigenvalue weighted by Crippen LogP contribution is 2.34. The number of aryl methyl sites for hydroxylation is 2. The van der Waals surface area contributed by atoms with Gasteiger partial charge in [0.25, 0.3) is 0 Å². The lowest BCUT2D eigenvalue weighted by atomic mass is 9.98. The van der Waals surface area contributed by atoms with E-state index >= 15 is 0 Å². The van der Waals surface area contributed by atoms with Gasteiger partial charge in [-0.2, -0.15) is 5.26 Å². The Labute approximate surface area is 209 Å². The predicted octanol–water partition coefficient (Wildman–Crippen LogP) is 5.66. The molecule has 2 aromatic carbocycles. The molecule has 2 aliphatic heterocycles. The van der Waals surface area contributed by atoms with Crippen LogP contribution in [0.25, 0.3) is 5.70 Å². The van der Waals surface area contributed by atoms with Crippen LogP contribution >= 0.6 is 11.3 Å². The molecule has 2 N–H and O–H groups in total. The third kappa shape index (κ3) is 4.92. The smallest absolute Gasteiger partial charge is 0.321 e. The Morgan fingerprint density at radius 3 is 2.83 bits per heavy atom. The molecule has 0 spiro atoms. The van der Waals surface area contributed by atoms with Crippen LogP contribution in [0.4, 0.5) is 10.5 Å². The van der Waals surface area contributed by atoms with Crippen molar-refractivity contribution < 1.29 is 9.63 Å². The first-order chi connectivity index (χ1) is 17.0. The third-order valence-electron chi connectivity index (χ3n) is 6.57. The molecule has 2 aliphatic rings. The number of amides is 2. The van der Waals surface area contributed by atoms with Gasteiger partial charge in [0.2, 0.25) is 0 Å². The van der Waals surface area contributed by atoms with E-state index in [1.54, 1.807) is 17.4 Å². The summed E-state index contributed by atoms with van der Waals surface area (Å²) in [6.45, 7) is 5.43. The summed E-state index contributed by atoms with van der Waals surface area (Å²) in [7, 11) is 0. The first kappa shape index (κ1) is 23.1. The van der Waals surface area contributed by atoms with Gasteiger partial charge in [-0.25, -0.2) is 9.78 Å². The standard InChI is InChI=1S/C27H27N5O2S/c1-17-7-8-18(2)22(13-17)30-27(33)32-11-9-19(10-12-32)26-29-24(16-35-26)23-14-25(34-31-23)21-6-4-3-5-20(21)15-28/h3-8,13-14,16,19,25,31H,9-12H2,1-2H3,(H,30,33)/t25-/m1/s1. The number of carbonyl (C=O) groups is 1. The molecule has 0 unspecified atom stereocenters. The summed E-state index contributed by atoms with van der Waals surface area (Å²) in [4.78, 5) is 25.3. The van der Waals surface area contributed by atoms with Gasteiger partial charge in [-0.05, 0) is 56.0 Å². The molecule has 3 heterocycles. The average Bonchev–Trinajstić information content (AvgIpc) is 3.56. The number of rotatable bonds is 4. The maximum atomic E-state index is 12.8. The number of carbonyl (C=O) groups excluding carboxylic acids is 1. The highest BCUT2D eigenvalue weighted by molar-refractivity contribution is 7.09. The van der Waals surface area contributed by atoms with Crippen molar-refractivity contribution in [1.29, 1.82) is 5.26 Å². The molecule has 0 aliphatic carbocycles. The average molecular weight is 486 g/mol. The number of nitrogens with zero attached hydrogens (tertiary/aromatic N) is 3. The number of thiazole rings is 1. The third-order valence-corrected chi connectivity index (χ3v) is 7.57. The number of hydrogen-bond acceptors (Lipinski definition) is 6. The summed E-state index contributed by atoms with van der Waals surface area (Å²) in [6, 6.07) is 15.7. The summed E-state index contributed by atoms with van der Waals surface area (Å²) in [6.07, 6.45) is 3.41. The molecule has 178 valence electrons. The van der Waals surface area contributed by atoms with Crippen LogP contribution < -0.4 is 10.8 Å². The number of hydroxylamine groups is 1. The van der Waals surface area contributed by atoms with Gasteiger partial charge in [-0.3, -0.25) is 10.3 Å². The molecule has 0 saturated carbocycles. The number of anilines is 1. The molecule has 3 aromatic rings. The molecular weight excluding hydrogens is 458 g/mol. The Morgan fingerprint density at radius 1 is 1.23 bits per heavy atom. The lowest BCUT2D eigenvalue weighted by molar-refractivity contribution is 0.0508. The molecule has 5 rings (SSSR count). The van der Waals surface area contributed by atoms with E-state index in [9.17, 15) is 10.1 Å². The lowest BCUT2D eigenvalue weighted by Crippen LogP contribution is -2.40. The zero-order valence-corrected chi connectivity index (χ0v) is 20.6. The Balaban J connectivity index is 1.20. The fourth-order valence-corrected chi connectivity index (χ4v) is 5.47. The molecule has 35 heavy (non-hydrogen) atoms. The number of hydrogen-bond donors (Lipinski definition) is 2. The number of urea groups is 1. The van der Waals surface area contributed by atoms with Gasteiger partial charge >= 0.3 is 6.03 Å². The van der Waals surface area contributed by atoms with Crippen molar-refractivity contribution in [1.82, 2.24) is 15.4 Å². The highest BCUT2D eigenvalue weighted by Gasteiger charge is 2.28. The molecular formula is C27H27N5O2S. The Bertz CT molecular complexity index is 1320. The molecule has 7 nitrogen and oxygen atoms in total. The number of likely N-dealkylation sites (tertiary alicyclic amines) is 1. The highest BCUT2D eigenvalue weighted by atomic mass is 32.1. The summed E-state index contributed by atoms with van der Waals surface area (Å²) < 4.78 is 0. The van der Waals surface area contributed by atoms with Gasteiger partial charge in [0.05, 0.1) is 28.0 Å². The number of piperidine rings is 1. The fraction of sp³-hybridized carbons (Fsp3) is 0.296. The van der Waals surface area contributed by atoms with Crippen LogP contribution in [0.3, 0.4) is 0 Å². The summed E-state index contributed by atoms with van der Waals surface area (Å²) in [5, 5.41) is 15.6. The van der Waals surface area contributed by atoms with E-state index in [1.807, 2.05) is 66.6 Å². The molecule has 0 bridgehead atoms. The van der Waals surface area contributed by atoms with Crippen LogP contribution in [-0.4, -0.2) is 29.0 Å². The van der Waals surface area contributed by atoms with E-state index in [2.05, 4.69) is 16.9 Å². The zero-order chi connectivity index (χ0) is 24.4. The maximum absolute atomic E-state index is 12.8. The van der Waals surface area contributed by atoms with Crippen LogP contribution in [0.2, 0.25) is 0 Å². The van der Waals surface area contributed by atoms with Crippen LogP contribution in [0.1, 0.15) is 57.8 Å². The van der Waals surface area contributed by atoms with Crippen molar-refractivity contribution >= 4 is 28.8 Å². The Morgan fingerprint density at radius 2 is 2.03 bits per heavy atom. The minimum absolute atomic E-state index is 0.0434. The van der Waals surface area contributed by atoms with Gasteiger partial charge in [-0.1, -0.05) is 30.3 Å². The SMILES string of the molecule is Cc1ccc(C)c(NC(=O)N2CCC(c3nc(C4=C[C@H](c5ccccc5C#N)ON4)cs3)CC2)c1. The zero-order valence-electron chi connectivity index (χ0n) is 19.7. The van der Waals surface area contributed by atoms with Gasteiger partial charge in [-0.15, -0.1) is 11.3 Å². The van der Waals surface area contributed by atoms with E-state index in [0.717, 1.165) is 51.6 Å². The van der Waals surface area contributed by atoms with E-state index in [-0.39, 0.29) is 12.1 Å². The first-order valence-electron chi connectivity index (χ1n) is 11.7. The maximum Gasteiger partial charge on any atom is 0.321 e. The van der Waals surface area contributed by atoms with Crippen molar-refractivity contribution in [3.05, 3.63) is 86.9 Å². The first-order valence-corrected chi connectivity index (χ1v) is 12.6. The summed E-state index contributed by atoms with van der Waals surface area (Å²) >= 11 is 1.64. The second-order valence-electron chi connectivity index (χ2n) is 9.00. The van der Waals surface area contributed by atoms with Gasteiger partial charge in [0.15, 0.2) is 0 Å². The van der Waals surface area contributed by atoms with Crippen LogP contribution in [0.15, 0.2) is 53.9 Å². The molecule has 0 radical (unpaired) electrons. The molecule has 1 fully saturated rings. The number of benzene rings is 2. The van der Waals surface area contributed by atoms with Crippen LogP contribution in [-0.2, 0) is 4.84 Å².